The minimum atomic E-state index is -0.916. The molecule has 1 N–H and O–H groups in total. The lowest BCUT2D eigenvalue weighted by molar-refractivity contribution is -0.134. The fraction of sp³-hybridized carbons (Fsp3) is 0.333. The van der Waals surface area contributed by atoms with Gasteiger partial charge in [-0.3, -0.25) is 4.79 Å². The summed E-state index contributed by atoms with van der Waals surface area (Å²) in [6.07, 6.45) is 3.91. The Morgan fingerprint density at radius 1 is 1.29 bits per heavy atom. The number of hydrogen-bond acceptors (Lipinski definition) is 3. The standard InChI is InChI=1S/C15H17F2NO3/c1-21-15(20)4-2-3-9-18-14(19)8-6-11-5-7-12(16)13(17)10-11/h2,4-5,7,10H,3,6,8-9H2,1H3,(H,18,19)/b4-2+. The highest BCUT2D eigenvalue weighted by Crippen LogP contribution is 2.10. The van der Waals surface area contributed by atoms with Gasteiger partial charge in [0.25, 0.3) is 0 Å². The number of carbonyl (C=O) groups excluding carboxylic acids is 2. The van der Waals surface area contributed by atoms with E-state index >= 15 is 0 Å². The van der Waals surface area contributed by atoms with Crippen molar-refractivity contribution in [2.45, 2.75) is 19.3 Å². The summed E-state index contributed by atoms with van der Waals surface area (Å²) in [5, 5.41) is 2.66. The van der Waals surface area contributed by atoms with Gasteiger partial charge in [-0.2, -0.15) is 0 Å². The summed E-state index contributed by atoms with van der Waals surface area (Å²) in [5.74, 6) is -2.45. The van der Waals surface area contributed by atoms with Crippen LogP contribution in [-0.4, -0.2) is 25.5 Å². The summed E-state index contributed by atoms with van der Waals surface area (Å²) in [7, 11) is 1.28. The van der Waals surface area contributed by atoms with Crippen LogP contribution in [0.2, 0.25) is 0 Å². The van der Waals surface area contributed by atoms with Crippen molar-refractivity contribution in [1.29, 1.82) is 0 Å². The van der Waals surface area contributed by atoms with Crippen molar-refractivity contribution in [3.05, 3.63) is 47.5 Å². The highest BCUT2D eigenvalue weighted by molar-refractivity contribution is 5.81. The average Bonchev–Trinajstić information content (AvgIpc) is 2.47. The van der Waals surface area contributed by atoms with Crippen LogP contribution in [-0.2, 0) is 20.7 Å². The number of halogens is 2. The molecule has 1 amide bonds. The molecule has 0 heterocycles. The quantitative estimate of drug-likeness (QED) is 0.476. The molecule has 0 saturated heterocycles. The van der Waals surface area contributed by atoms with E-state index in [4.69, 9.17) is 0 Å². The maximum atomic E-state index is 13.0. The van der Waals surface area contributed by atoms with Gasteiger partial charge in [0.2, 0.25) is 5.91 Å². The molecule has 1 rings (SSSR count). The molecule has 0 aromatic heterocycles. The highest BCUT2D eigenvalue weighted by Gasteiger charge is 2.05. The Bertz CT molecular complexity index is 530. The van der Waals surface area contributed by atoms with Crippen molar-refractivity contribution in [2.24, 2.45) is 0 Å². The van der Waals surface area contributed by atoms with E-state index in [1.54, 1.807) is 6.08 Å². The number of ether oxygens (including phenoxy) is 1. The van der Waals surface area contributed by atoms with Gasteiger partial charge >= 0.3 is 5.97 Å². The van der Waals surface area contributed by atoms with Crippen LogP contribution in [0.25, 0.3) is 0 Å². The van der Waals surface area contributed by atoms with Crippen molar-refractivity contribution in [2.75, 3.05) is 13.7 Å². The van der Waals surface area contributed by atoms with Gasteiger partial charge in [0, 0.05) is 19.0 Å². The van der Waals surface area contributed by atoms with Crippen LogP contribution in [0.3, 0.4) is 0 Å². The average molecular weight is 297 g/mol. The van der Waals surface area contributed by atoms with Crippen molar-refractivity contribution >= 4 is 11.9 Å². The number of esters is 1. The maximum Gasteiger partial charge on any atom is 0.330 e. The van der Waals surface area contributed by atoms with Gasteiger partial charge in [-0.05, 0) is 30.5 Å². The minimum Gasteiger partial charge on any atom is -0.466 e. The molecule has 0 bridgehead atoms. The summed E-state index contributed by atoms with van der Waals surface area (Å²) < 4.78 is 30.1. The molecule has 114 valence electrons. The molecule has 1 aromatic rings. The van der Waals surface area contributed by atoms with Crippen molar-refractivity contribution in [3.63, 3.8) is 0 Å². The molecule has 0 saturated carbocycles. The second-order valence-electron chi connectivity index (χ2n) is 4.31. The number of nitrogens with one attached hydrogen (secondary N) is 1. The molecular weight excluding hydrogens is 280 g/mol. The van der Waals surface area contributed by atoms with Crippen LogP contribution in [0.15, 0.2) is 30.4 Å². The molecule has 1 aromatic carbocycles. The van der Waals surface area contributed by atoms with E-state index in [1.165, 1.54) is 19.3 Å². The van der Waals surface area contributed by atoms with Crippen LogP contribution < -0.4 is 5.32 Å². The smallest absolute Gasteiger partial charge is 0.330 e. The van der Waals surface area contributed by atoms with E-state index in [2.05, 4.69) is 10.1 Å². The number of amides is 1. The summed E-state index contributed by atoms with van der Waals surface area (Å²) in [6, 6.07) is 3.58. The first-order valence-electron chi connectivity index (χ1n) is 6.48. The van der Waals surface area contributed by atoms with E-state index in [1.807, 2.05) is 0 Å². The summed E-state index contributed by atoms with van der Waals surface area (Å²) >= 11 is 0. The number of methoxy groups -OCH3 is 1. The molecule has 0 spiro atoms. The first-order chi connectivity index (χ1) is 10.0. The second kappa shape index (κ2) is 8.84. The van der Waals surface area contributed by atoms with Gasteiger partial charge in [-0.15, -0.1) is 0 Å². The third-order valence-corrected chi connectivity index (χ3v) is 2.71. The maximum absolute atomic E-state index is 13.0. The van der Waals surface area contributed by atoms with Crippen LogP contribution in [0.1, 0.15) is 18.4 Å². The molecular formula is C15H17F2NO3. The lowest BCUT2D eigenvalue weighted by Gasteiger charge is -2.04. The Morgan fingerprint density at radius 3 is 2.71 bits per heavy atom. The largest absolute Gasteiger partial charge is 0.466 e. The molecule has 0 radical (unpaired) electrons. The van der Waals surface area contributed by atoms with E-state index in [0.29, 0.717) is 24.9 Å². The number of carbonyl (C=O) groups is 2. The molecule has 21 heavy (non-hydrogen) atoms. The van der Waals surface area contributed by atoms with Crippen LogP contribution >= 0.6 is 0 Å². The third-order valence-electron chi connectivity index (χ3n) is 2.71. The Kier molecular flexibility index (Phi) is 7.08. The Morgan fingerprint density at radius 2 is 2.05 bits per heavy atom. The number of hydrogen-bond donors (Lipinski definition) is 1. The molecule has 0 aliphatic rings. The fourth-order valence-corrected chi connectivity index (χ4v) is 1.58. The van der Waals surface area contributed by atoms with Gasteiger partial charge in [-0.25, -0.2) is 13.6 Å². The van der Waals surface area contributed by atoms with E-state index in [9.17, 15) is 18.4 Å². The normalized spacial score (nSPS) is 10.6. The molecule has 4 nitrogen and oxygen atoms in total. The van der Waals surface area contributed by atoms with E-state index in [0.717, 1.165) is 12.1 Å². The molecule has 0 aliphatic carbocycles. The highest BCUT2D eigenvalue weighted by atomic mass is 19.2. The van der Waals surface area contributed by atoms with E-state index in [-0.39, 0.29) is 12.3 Å². The summed E-state index contributed by atoms with van der Waals surface area (Å²) in [4.78, 5) is 22.3. The summed E-state index contributed by atoms with van der Waals surface area (Å²) in [6.45, 7) is 0.393. The number of benzene rings is 1. The predicted octanol–water partition coefficient (Wildman–Crippen LogP) is 2.13. The fourth-order valence-electron chi connectivity index (χ4n) is 1.58. The lowest BCUT2D eigenvalue weighted by atomic mass is 10.1. The monoisotopic (exact) mass is 297 g/mol. The topological polar surface area (TPSA) is 55.4 Å². The molecule has 0 fully saturated rings. The minimum absolute atomic E-state index is 0.186. The van der Waals surface area contributed by atoms with Gasteiger partial charge < -0.3 is 10.1 Å². The third kappa shape index (κ3) is 6.65. The Hall–Kier alpha value is -2.24. The molecule has 0 aliphatic heterocycles. The van der Waals surface area contributed by atoms with E-state index < -0.39 is 17.6 Å². The molecule has 0 unspecified atom stereocenters. The predicted molar refractivity (Wildman–Crippen MR) is 73.5 cm³/mol. The van der Waals surface area contributed by atoms with Crippen molar-refractivity contribution < 1.29 is 23.1 Å². The first kappa shape index (κ1) is 16.8. The first-order valence-corrected chi connectivity index (χ1v) is 6.48. The van der Waals surface area contributed by atoms with Crippen molar-refractivity contribution in [1.82, 2.24) is 5.32 Å². The Labute approximate surface area is 121 Å². The lowest BCUT2D eigenvalue weighted by Crippen LogP contribution is -2.24. The van der Waals surface area contributed by atoms with Crippen molar-refractivity contribution in [3.8, 4) is 0 Å². The zero-order chi connectivity index (χ0) is 15.7. The number of rotatable bonds is 7. The molecule has 6 heteroatoms. The number of aryl methyl sites for hydroxylation is 1. The zero-order valence-corrected chi connectivity index (χ0v) is 11.7. The summed E-state index contributed by atoms with van der Waals surface area (Å²) in [5.41, 5.74) is 0.564. The van der Waals surface area contributed by atoms with Crippen LogP contribution in [0.4, 0.5) is 8.78 Å². The Balaban J connectivity index is 2.23. The molecule has 0 atom stereocenters. The van der Waals surface area contributed by atoms with Crippen LogP contribution in [0, 0.1) is 11.6 Å². The zero-order valence-electron chi connectivity index (χ0n) is 11.7. The van der Waals surface area contributed by atoms with Gasteiger partial charge in [0.15, 0.2) is 11.6 Å². The van der Waals surface area contributed by atoms with Gasteiger partial charge in [0.1, 0.15) is 0 Å². The second-order valence-corrected chi connectivity index (χ2v) is 4.31. The van der Waals surface area contributed by atoms with Gasteiger partial charge in [-0.1, -0.05) is 12.1 Å². The SMILES string of the molecule is COC(=O)/C=C/CCNC(=O)CCc1ccc(F)c(F)c1. The van der Waals surface area contributed by atoms with Crippen LogP contribution in [0.5, 0.6) is 0 Å². The van der Waals surface area contributed by atoms with Gasteiger partial charge in [0.05, 0.1) is 7.11 Å².